The van der Waals surface area contributed by atoms with E-state index in [0.717, 1.165) is 17.9 Å². The molecule has 0 aromatic carbocycles. The van der Waals surface area contributed by atoms with Crippen LogP contribution < -0.4 is 0 Å². The summed E-state index contributed by atoms with van der Waals surface area (Å²) in [6, 6.07) is 0. The average Bonchev–Trinajstić information content (AvgIpc) is 2.98. The van der Waals surface area contributed by atoms with Crippen molar-refractivity contribution in [2.45, 2.75) is 18.1 Å². The predicted molar refractivity (Wildman–Crippen MR) is 92.6 cm³/mol. The molecule has 25 heavy (non-hydrogen) atoms. The first kappa shape index (κ1) is 19.8. The van der Waals surface area contributed by atoms with Crippen molar-refractivity contribution < 1.29 is 27.5 Å². The van der Waals surface area contributed by atoms with Crippen LogP contribution >= 0.6 is 11.3 Å². The van der Waals surface area contributed by atoms with E-state index < -0.39 is 22.0 Å². The van der Waals surface area contributed by atoms with Crippen molar-refractivity contribution in [1.29, 1.82) is 0 Å². The largest absolute Gasteiger partial charge is 0.465 e. The Bertz CT molecular complexity index is 763. The molecule has 0 radical (unpaired) electrons. The van der Waals surface area contributed by atoms with Gasteiger partial charge in [0.25, 0.3) is 10.0 Å². The summed E-state index contributed by atoms with van der Waals surface area (Å²) >= 11 is 0.751. The first-order valence-corrected chi connectivity index (χ1v) is 10.1. The van der Waals surface area contributed by atoms with Crippen molar-refractivity contribution in [3.8, 4) is 0 Å². The molecular formula is C15H22N2O6S2. The normalized spacial score (nSPS) is 16.6. The van der Waals surface area contributed by atoms with Crippen LogP contribution in [0.3, 0.4) is 0 Å². The van der Waals surface area contributed by atoms with Crippen LogP contribution in [0.25, 0.3) is 0 Å². The lowest BCUT2D eigenvalue weighted by molar-refractivity contribution is 0.0596. The summed E-state index contributed by atoms with van der Waals surface area (Å²) in [5, 5.41) is 0. The molecule has 1 aliphatic heterocycles. The second-order valence-electron chi connectivity index (χ2n) is 5.54. The predicted octanol–water partition coefficient (Wildman–Crippen LogP) is 0.956. The van der Waals surface area contributed by atoms with E-state index >= 15 is 0 Å². The first-order chi connectivity index (χ1) is 11.8. The molecule has 10 heteroatoms. The lowest BCUT2D eigenvalue weighted by Gasteiger charge is -2.33. The Hall–Kier alpha value is -1.49. The number of methoxy groups -OCH3 is 2. The molecule has 2 heterocycles. The van der Waals surface area contributed by atoms with E-state index in [2.05, 4.69) is 9.64 Å². The van der Waals surface area contributed by atoms with Crippen LogP contribution in [0, 0.1) is 6.92 Å². The summed E-state index contributed by atoms with van der Waals surface area (Å²) in [6.07, 6.45) is 0. The van der Waals surface area contributed by atoms with E-state index in [1.54, 1.807) is 0 Å². The summed E-state index contributed by atoms with van der Waals surface area (Å²) in [5.41, 5.74) is 0.167. The van der Waals surface area contributed by atoms with E-state index in [-0.39, 0.29) is 20.2 Å². The first-order valence-electron chi connectivity index (χ1n) is 7.80. The smallest absolute Gasteiger partial charge is 0.348 e. The van der Waals surface area contributed by atoms with Gasteiger partial charge in [-0.3, -0.25) is 0 Å². The van der Waals surface area contributed by atoms with Gasteiger partial charge in [0.1, 0.15) is 4.88 Å². The third-order valence-corrected chi connectivity index (χ3v) is 7.89. The number of thiophene rings is 1. The number of ether oxygens (including phenoxy) is 2. The minimum Gasteiger partial charge on any atom is -0.465 e. The van der Waals surface area contributed by atoms with Crippen LogP contribution in [0.2, 0.25) is 0 Å². The molecule has 0 amide bonds. The molecule has 1 aromatic rings. The zero-order valence-corrected chi connectivity index (χ0v) is 16.3. The molecule has 0 unspecified atom stereocenters. The third kappa shape index (κ3) is 3.71. The lowest BCUT2D eigenvalue weighted by Crippen LogP contribution is -2.48. The molecule has 1 aromatic heterocycles. The highest BCUT2D eigenvalue weighted by Crippen LogP contribution is 2.35. The number of carbonyl (C=O) groups excluding carboxylic acids is 2. The number of likely N-dealkylation sites (N-methyl/N-ethyl adjacent to an activating group) is 1. The van der Waals surface area contributed by atoms with E-state index in [1.165, 1.54) is 25.4 Å². The molecule has 2 rings (SSSR count). The summed E-state index contributed by atoms with van der Waals surface area (Å²) in [6.45, 7) is 6.30. The Kier molecular flexibility index (Phi) is 6.20. The summed E-state index contributed by atoms with van der Waals surface area (Å²) < 4.78 is 36.7. The Morgan fingerprint density at radius 3 is 2.12 bits per heavy atom. The van der Waals surface area contributed by atoms with Crippen molar-refractivity contribution in [2.24, 2.45) is 0 Å². The van der Waals surface area contributed by atoms with Gasteiger partial charge in [-0.25, -0.2) is 18.0 Å². The van der Waals surface area contributed by atoms with Gasteiger partial charge in [0.15, 0.2) is 4.21 Å². The molecule has 0 saturated carbocycles. The molecule has 0 atom stereocenters. The van der Waals surface area contributed by atoms with Gasteiger partial charge in [-0.15, -0.1) is 11.3 Å². The van der Waals surface area contributed by atoms with Crippen LogP contribution in [0.15, 0.2) is 4.21 Å². The molecule has 1 aliphatic rings. The fourth-order valence-electron chi connectivity index (χ4n) is 2.70. The SMILES string of the molecule is CCN1CCN(S(=O)(=O)c2sc(C(=O)OC)c(C)c2C(=O)OC)CC1. The van der Waals surface area contributed by atoms with Gasteiger partial charge in [0.2, 0.25) is 0 Å². The molecule has 0 bridgehead atoms. The number of hydrogen-bond acceptors (Lipinski definition) is 8. The molecule has 0 aliphatic carbocycles. The van der Waals surface area contributed by atoms with Crippen LogP contribution in [0.4, 0.5) is 0 Å². The minimum atomic E-state index is -3.91. The highest BCUT2D eigenvalue weighted by molar-refractivity contribution is 7.91. The summed E-state index contributed by atoms with van der Waals surface area (Å²) in [7, 11) is -1.53. The van der Waals surface area contributed by atoms with Gasteiger partial charge in [0, 0.05) is 26.2 Å². The van der Waals surface area contributed by atoms with Gasteiger partial charge < -0.3 is 14.4 Å². The molecule has 0 spiro atoms. The quantitative estimate of drug-likeness (QED) is 0.691. The number of esters is 2. The molecule has 140 valence electrons. The number of carbonyl (C=O) groups is 2. The number of sulfonamides is 1. The maximum absolute atomic E-state index is 13.1. The average molecular weight is 390 g/mol. The molecule has 0 N–H and O–H groups in total. The van der Waals surface area contributed by atoms with Crippen LogP contribution in [-0.4, -0.2) is 76.5 Å². The second kappa shape index (κ2) is 7.81. The van der Waals surface area contributed by atoms with Crippen LogP contribution in [0.1, 0.15) is 32.5 Å². The topological polar surface area (TPSA) is 93.2 Å². The molecular weight excluding hydrogens is 368 g/mol. The highest BCUT2D eigenvalue weighted by atomic mass is 32.2. The zero-order chi connectivity index (χ0) is 18.8. The van der Waals surface area contributed by atoms with Crippen molar-refractivity contribution in [1.82, 2.24) is 9.21 Å². The van der Waals surface area contributed by atoms with Crippen molar-refractivity contribution in [3.05, 3.63) is 16.0 Å². The Labute approximate surface area is 151 Å². The Morgan fingerprint density at radius 2 is 1.64 bits per heavy atom. The van der Waals surface area contributed by atoms with E-state index in [0.29, 0.717) is 26.2 Å². The number of hydrogen-bond donors (Lipinski definition) is 0. The van der Waals surface area contributed by atoms with Gasteiger partial charge in [-0.1, -0.05) is 6.92 Å². The zero-order valence-electron chi connectivity index (χ0n) is 14.7. The van der Waals surface area contributed by atoms with Gasteiger partial charge in [-0.2, -0.15) is 4.31 Å². The molecule has 1 fully saturated rings. The number of nitrogens with zero attached hydrogens (tertiary/aromatic N) is 2. The lowest BCUT2D eigenvalue weighted by atomic mass is 10.2. The van der Waals surface area contributed by atoms with Gasteiger partial charge >= 0.3 is 11.9 Å². The fourth-order valence-corrected chi connectivity index (χ4v) is 6.00. The van der Waals surface area contributed by atoms with E-state index in [9.17, 15) is 18.0 Å². The fraction of sp³-hybridized carbons (Fsp3) is 0.600. The van der Waals surface area contributed by atoms with Gasteiger partial charge in [-0.05, 0) is 19.0 Å². The van der Waals surface area contributed by atoms with E-state index in [1.807, 2.05) is 6.92 Å². The molecule has 1 saturated heterocycles. The van der Waals surface area contributed by atoms with Crippen molar-refractivity contribution >= 4 is 33.3 Å². The van der Waals surface area contributed by atoms with Crippen LogP contribution in [-0.2, 0) is 19.5 Å². The standard InChI is InChI=1S/C15H22N2O6S2/c1-5-16-6-8-17(9-7-16)25(20,21)15-11(13(18)22-3)10(2)12(24-15)14(19)23-4/h5-9H2,1-4H3. The van der Waals surface area contributed by atoms with E-state index in [4.69, 9.17) is 4.74 Å². The monoisotopic (exact) mass is 390 g/mol. The maximum Gasteiger partial charge on any atom is 0.348 e. The minimum absolute atomic E-state index is 0.0914. The maximum atomic E-state index is 13.1. The number of rotatable bonds is 5. The van der Waals surface area contributed by atoms with Crippen molar-refractivity contribution in [2.75, 3.05) is 46.9 Å². The highest BCUT2D eigenvalue weighted by Gasteiger charge is 2.37. The Morgan fingerprint density at radius 1 is 1.08 bits per heavy atom. The van der Waals surface area contributed by atoms with Crippen molar-refractivity contribution in [3.63, 3.8) is 0 Å². The summed E-state index contributed by atoms with van der Waals surface area (Å²) in [5.74, 6) is -1.46. The van der Waals surface area contributed by atoms with Crippen LogP contribution in [0.5, 0.6) is 0 Å². The summed E-state index contributed by atoms with van der Waals surface area (Å²) in [4.78, 5) is 26.3. The number of piperazine rings is 1. The molecule has 8 nitrogen and oxygen atoms in total. The van der Waals surface area contributed by atoms with Gasteiger partial charge in [0.05, 0.1) is 19.8 Å². The Balaban J connectivity index is 2.49. The third-order valence-electron chi connectivity index (χ3n) is 4.23. The second-order valence-corrected chi connectivity index (χ2v) is 8.69.